The molecule has 0 aliphatic carbocycles. The van der Waals surface area contributed by atoms with E-state index in [0.717, 1.165) is 54.9 Å². The lowest BCUT2D eigenvalue weighted by Gasteiger charge is -2.19. The Bertz CT molecular complexity index is 1030. The van der Waals surface area contributed by atoms with Crippen LogP contribution in [0.25, 0.3) is 15.9 Å². The van der Waals surface area contributed by atoms with E-state index in [1.165, 1.54) is 15.3 Å². The number of halogens is 1. The lowest BCUT2D eigenvalue weighted by molar-refractivity contribution is -0.895. The van der Waals surface area contributed by atoms with Crippen molar-refractivity contribution >= 4 is 39.1 Å². The van der Waals surface area contributed by atoms with Crippen LogP contribution in [0.15, 0.2) is 29.1 Å². The minimum atomic E-state index is -0.00324. The van der Waals surface area contributed by atoms with Crippen LogP contribution in [-0.4, -0.2) is 36.2 Å². The van der Waals surface area contributed by atoms with E-state index in [2.05, 4.69) is 18.1 Å². The van der Waals surface area contributed by atoms with Crippen molar-refractivity contribution in [1.82, 2.24) is 9.55 Å². The van der Waals surface area contributed by atoms with Gasteiger partial charge in [0.25, 0.3) is 5.56 Å². The van der Waals surface area contributed by atoms with E-state index in [-0.39, 0.29) is 5.56 Å². The van der Waals surface area contributed by atoms with Gasteiger partial charge in [0.05, 0.1) is 36.1 Å². The van der Waals surface area contributed by atoms with Gasteiger partial charge in [0.2, 0.25) is 5.95 Å². The zero-order valence-electron chi connectivity index (χ0n) is 15.3. The minimum absolute atomic E-state index is 0.00324. The molecule has 1 aliphatic rings. The smallest absolute Gasteiger partial charge is 0.268 e. The van der Waals surface area contributed by atoms with E-state index in [9.17, 15) is 4.79 Å². The summed E-state index contributed by atoms with van der Waals surface area (Å²) in [6.45, 7) is 3.57. The highest BCUT2D eigenvalue weighted by atomic mass is 35.5. The van der Waals surface area contributed by atoms with Crippen LogP contribution in [0, 0.1) is 0 Å². The molecule has 6 nitrogen and oxygen atoms in total. The Hall–Kier alpha value is -1.93. The molecule has 5 N–H and O–H groups in total. The zero-order chi connectivity index (χ0) is 19.0. The van der Waals surface area contributed by atoms with Gasteiger partial charge in [0, 0.05) is 24.4 Å². The monoisotopic (exact) mass is 405 g/mol. The van der Waals surface area contributed by atoms with Crippen molar-refractivity contribution < 1.29 is 10.6 Å². The van der Waals surface area contributed by atoms with Crippen LogP contribution < -0.4 is 21.5 Å². The van der Waals surface area contributed by atoms with Gasteiger partial charge < -0.3 is 16.0 Å². The molecular weight excluding hydrogens is 382 g/mol. The second kappa shape index (κ2) is 7.59. The number of rotatable bonds is 5. The molecule has 0 amide bonds. The summed E-state index contributed by atoms with van der Waals surface area (Å²) >= 11 is 7.70. The number of aromatic nitrogens is 2. The molecular formula is C19H24ClN5OS+2. The Morgan fingerprint density at radius 3 is 2.89 bits per heavy atom. The fraction of sp³-hybridized carbons (Fsp3) is 0.368. The molecule has 3 aromatic rings. The van der Waals surface area contributed by atoms with Crippen LogP contribution in [0.1, 0.15) is 16.9 Å². The normalized spacial score (nSPS) is 16.5. The van der Waals surface area contributed by atoms with Crippen molar-refractivity contribution in [2.45, 2.75) is 19.4 Å². The van der Waals surface area contributed by atoms with E-state index in [4.69, 9.17) is 16.6 Å². The Morgan fingerprint density at radius 2 is 2.15 bits per heavy atom. The maximum atomic E-state index is 13.5. The van der Waals surface area contributed by atoms with Gasteiger partial charge in [0.15, 0.2) is 0 Å². The molecule has 0 saturated carbocycles. The number of anilines is 1. The number of quaternary nitrogens is 2. The van der Waals surface area contributed by atoms with E-state index in [0.29, 0.717) is 11.0 Å². The summed E-state index contributed by atoms with van der Waals surface area (Å²) in [5.41, 5.74) is 5.84. The molecule has 1 unspecified atom stereocenters. The minimum Gasteiger partial charge on any atom is -0.358 e. The number of likely N-dealkylation sites (N-methyl/N-ethyl adjacent to an activating group) is 1. The van der Waals surface area contributed by atoms with E-state index < -0.39 is 0 Å². The SMILES string of the molecule is C[NH+]1CCc2c(sc3nc(NCCC[NH3+])n(-c4ccc(Cl)cc4)c(=O)c23)C1. The largest absolute Gasteiger partial charge is 0.358 e. The van der Waals surface area contributed by atoms with E-state index >= 15 is 0 Å². The second-order valence-corrected chi connectivity index (χ2v) is 8.52. The molecule has 3 heterocycles. The van der Waals surface area contributed by atoms with Crippen LogP contribution >= 0.6 is 22.9 Å². The summed E-state index contributed by atoms with van der Waals surface area (Å²) < 4.78 is 1.68. The van der Waals surface area contributed by atoms with Gasteiger partial charge in [-0.1, -0.05) is 11.6 Å². The van der Waals surface area contributed by atoms with Gasteiger partial charge in [-0.05, 0) is 29.8 Å². The van der Waals surface area contributed by atoms with E-state index in [1.54, 1.807) is 28.0 Å². The maximum absolute atomic E-state index is 13.5. The van der Waals surface area contributed by atoms with Gasteiger partial charge in [0.1, 0.15) is 11.4 Å². The first-order valence-corrected chi connectivity index (χ1v) is 10.5. The Kier molecular flexibility index (Phi) is 5.19. The maximum Gasteiger partial charge on any atom is 0.268 e. The molecule has 4 rings (SSSR count). The second-order valence-electron chi connectivity index (χ2n) is 7.00. The third kappa shape index (κ3) is 3.48. The molecule has 0 spiro atoms. The number of nitrogens with one attached hydrogen (secondary N) is 2. The summed E-state index contributed by atoms with van der Waals surface area (Å²) in [6.07, 6.45) is 1.84. The number of benzene rings is 1. The summed E-state index contributed by atoms with van der Waals surface area (Å²) in [6, 6.07) is 7.32. The average Bonchev–Trinajstić information content (AvgIpc) is 3.00. The van der Waals surface area contributed by atoms with Crippen molar-refractivity contribution in [3.05, 3.63) is 50.1 Å². The van der Waals surface area contributed by atoms with Crippen molar-refractivity contribution in [3.8, 4) is 5.69 Å². The lowest BCUT2D eigenvalue weighted by Crippen LogP contribution is -3.08. The Balaban J connectivity index is 1.92. The third-order valence-corrected chi connectivity index (χ3v) is 6.35. The van der Waals surface area contributed by atoms with Crippen molar-refractivity contribution in [1.29, 1.82) is 0 Å². The first kappa shape index (κ1) is 18.4. The van der Waals surface area contributed by atoms with Crippen LogP contribution in [0.2, 0.25) is 5.02 Å². The summed E-state index contributed by atoms with van der Waals surface area (Å²) in [5.74, 6) is 0.586. The van der Waals surface area contributed by atoms with Crippen LogP contribution in [0.5, 0.6) is 0 Å². The molecule has 0 radical (unpaired) electrons. The van der Waals surface area contributed by atoms with Crippen molar-refractivity contribution in [3.63, 3.8) is 0 Å². The number of thiophene rings is 1. The van der Waals surface area contributed by atoms with Gasteiger partial charge in [-0.2, -0.15) is 0 Å². The fourth-order valence-corrected chi connectivity index (χ4v) is 4.98. The molecule has 0 fully saturated rings. The predicted molar refractivity (Wildman–Crippen MR) is 110 cm³/mol. The molecule has 142 valence electrons. The quantitative estimate of drug-likeness (QED) is 0.547. The lowest BCUT2D eigenvalue weighted by atomic mass is 10.1. The third-order valence-electron chi connectivity index (χ3n) is 4.97. The molecule has 0 bridgehead atoms. The molecule has 2 aromatic heterocycles. The summed E-state index contributed by atoms with van der Waals surface area (Å²) in [5, 5.41) is 4.75. The highest BCUT2D eigenvalue weighted by Gasteiger charge is 2.26. The van der Waals surface area contributed by atoms with Crippen LogP contribution in [-0.2, 0) is 13.0 Å². The Morgan fingerprint density at radius 1 is 1.37 bits per heavy atom. The van der Waals surface area contributed by atoms with Gasteiger partial charge in [-0.15, -0.1) is 11.3 Å². The number of fused-ring (bicyclic) bond motifs is 3. The first-order valence-electron chi connectivity index (χ1n) is 9.26. The Labute approximate surface area is 166 Å². The standard InChI is InChI=1S/C19H22ClN5OS/c1-24-10-7-14-15(11-24)27-17-16(14)18(26)25(13-5-3-12(20)4-6-13)19(23-17)22-9-2-8-21/h3-6H,2,7-11,21H2,1H3,(H,22,23)/p+2. The topological polar surface area (TPSA) is 79.0 Å². The fourth-order valence-electron chi connectivity index (χ4n) is 3.53. The van der Waals surface area contributed by atoms with Gasteiger partial charge in [-0.25, -0.2) is 9.55 Å². The average molecular weight is 406 g/mol. The van der Waals surface area contributed by atoms with Crippen molar-refractivity contribution in [2.24, 2.45) is 0 Å². The summed E-state index contributed by atoms with van der Waals surface area (Å²) in [7, 11) is 2.19. The first-order chi connectivity index (χ1) is 13.1. The zero-order valence-corrected chi connectivity index (χ0v) is 16.9. The highest BCUT2D eigenvalue weighted by Crippen LogP contribution is 2.30. The van der Waals surface area contributed by atoms with E-state index in [1.807, 2.05) is 12.1 Å². The molecule has 27 heavy (non-hydrogen) atoms. The van der Waals surface area contributed by atoms with Gasteiger partial charge >= 0.3 is 0 Å². The number of hydrogen-bond acceptors (Lipinski definition) is 4. The molecule has 0 saturated heterocycles. The predicted octanol–water partition coefficient (Wildman–Crippen LogP) is 0.715. The molecule has 1 atom stereocenters. The summed E-state index contributed by atoms with van der Waals surface area (Å²) in [4.78, 5) is 22.0. The molecule has 1 aromatic carbocycles. The van der Waals surface area contributed by atoms with Crippen LogP contribution in [0.3, 0.4) is 0 Å². The molecule has 1 aliphatic heterocycles. The molecule has 8 heteroatoms. The number of nitrogens with zero attached hydrogens (tertiary/aromatic N) is 2. The van der Waals surface area contributed by atoms with Crippen molar-refractivity contribution in [2.75, 3.05) is 32.0 Å². The highest BCUT2D eigenvalue weighted by molar-refractivity contribution is 7.18. The van der Waals surface area contributed by atoms with Gasteiger partial charge in [-0.3, -0.25) is 4.79 Å². The number of hydrogen-bond donors (Lipinski definition) is 3. The van der Waals surface area contributed by atoms with Crippen LogP contribution in [0.4, 0.5) is 5.95 Å².